The van der Waals surface area contributed by atoms with Gasteiger partial charge in [0.15, 0.2) is 18.9 Å². The zero-order chi connectivity index (χ0) is 50.9. The molecule has 11 N–H and O–H groups in total. The second kappa shape index (κ2) is 20.7. The van der Waals surface area contributed by atoms with E-state index in [1.54, 1.807) is 0 Å². The number of fused-ring (bicyclic) bond motifs is 5. The highest BCUT2D eigenvalue weighted by molar-refractivity contribution is 5.65. The molecule has 398 valence electrons. The van der Waals surface area contributed by atoms with E-state index in [0.29, 0.717) is 32.1 Å². The molecule has 19 heteroatoms. The molecule has 25 atom stereocenters. The van der Waals surface area contributed by atoms with E-state index in [0.717, 1.165) is 31.3 Å². The average Bonchev–Trinajstić information content (AvgIpc) is 3.67. The van der Waals surface area contributed by atoms with Crippen LogP contribution in [0.5, 0.6) is 0 Å². The van der Waals surface area contributed by atoms with Crippen LogP contribution >= 0.6 is 0 Å². The van der Waals surface area contributed by atoms with E-state index < -0.39 is 141 Å². The molecule has 4 saturated carbocycles. The Morgan fingerprint density at radius 2 is 1.22 bits per heavy atom. The van der Waals surface area contributed by atoms with Gasteiger partial charge in [-0.1, -0.05) is 46.3 Å². The number of aliphatic hydroxyl groups is 11. The minimum absolute atomic E-state index is 0.0657. The van der Waals surface area contributed by atoms with Gasteiger partial charge in [0.25, 0.3) is 0 Å². The summed E-state index contributed by atoms with van der Waals surface area (Å²) in [6, 6.07) is 0. The summed E-state index contributed by atoms with van der Waals surface area (Å²) in [7, 11) is 0. The lowest BCUT2D eigenvalue weighted by Gasteiger charge is -2.71. The van der Waals surface area contributed by atoms with Gasteiger partial charge in [0.05, 0.1) is 31.0 Å². The summed E-state index contributed by atoms with van der Waals surface area (Å²) in [6.45, 7) is 16.9. The molecular weight excluding hydrogens is 905 g/mol. The maximum Gasteiger partial charge on any atom is 0.302 e. The molecule has 0 aromatic rings. The fourth-order valence-corrected chi connectivity index (χ4v) is 15.1. The third-order valence-corrected chi connectivity index (χ3v) is 19.1. The number of hydrogen-bond acceptors (Lipinski definition) is 19. The molecule has 3 aliphatic heterocycles. The third-order valence-electron chi connectivity index (χ3n) is 19.1. The van der Waals surface area contributed by atoms with Gasteiger partial charge in [0.2, 0.25) is 0 Å². The minimum Gasteiger partial charge on any atom is -0.463 e. The molecule has 7 rings (SSSR count). The van der Waals surface area contributed by atoms with E-state index in [9.17, 15) is 61.0 Å². The molecule has 0 aromatic carbocycles. The summed E-state index contributed by atoms with van der Waals surface area (Å²) in [4.78, 5) is 11.8. The van der Waals surface area contributed by atoms with Crippen molar-refractivity contribution in [2.75, 3.05) is 19.8 Å². The topological polar surface area (TPSA) is 304 Å². The number of carbonyl (C=O) groups excluding carboxylic acids is 1. The van der Waals surface area contributed by atoms with Crippen LogP contribution in [0.15, 0.2) is 11.6 Å². The number of allylic oxidation sites excluding steroid dienone is 2. The van der Waals surface area contributed by atoms with Crippen molar-refractivity contribution in [3.8, 4) is 0 Å². The van der Waals surface area contributed by atoms with Crippen LogP contribution in [0.25, 0.3) is 0 Å². The summed E-state index contributed by atoms with van der Waals surface area (Å²) < 4.78 is 42.7. The van der Waals surface area contributed by atoms with Gasteiger partial charge in [-0.25, -0.2) is 0 Å². The molecule has 25 unspecified atom stereocenters. The Kier molecular flexibility index (Phi) is 16.6. The first-order valence-electron chi connectivity index (χ1n) is 25.3. The molecular formula is C50H84O19. The van der Waals surface area contributed by atoms with E-state index >= 15 is 0 Å². The molecule has 0 spiro atoms. The van der Waals surface area contributed by atoms with Crippen LogP contribution in [0, 0.1) is 45.3 Å². The molecule has 0 radical (unpaired) electrons. The van der Waals surface area contributed by atoms with Gasteiger partial charge in [-0.2, -0.15) is 0 Å². The lowest BCUT2D eigenvalue weighted by molar-refractivity contribution is -0.378. The predicted octanol–water partition coefficient (Wildman–Crippen LogP) is 0.544. The maximum absolute atomic E-state index is 12.7. The quantitative estimate of drug-likeness (QED) is 0.0643. The van der Waals surface area contributed by atoms with Crippen LogP contribution in [0.1, 0.15) is 120 Å². The predicted molar refractivity (Wildman–Crippen MR) is 243 cm³/mol. The molecule has 7 fully saturated rings. The normalized spacial score (nSPS) is 50.5. The monoisotopic (exact) mass is 989 g/mol. The smallest absolute Gasteiger partial charge is 0.302 e. The largest absolute Gasteiger partial charge is 0.463 e. The number of rotatable bonds is 14. The summed E-state index contributed by atoms with van der Waals surface area (Å²) in [5.41, 5.74) is -1.23. The Morgan fingerprint density at radius 3 is 1.81 bits per heavy atom. The lowest BCUT2D eigenvalue weighted by atomic mass is 9.35. The van der Waals surface area contributed by atoms with Gasteiger partial charge in [-0.05, 0) is 124 Å². The maximum atomic E-state index is 12.7. The molecule has 69 heavy (non-hydrogen) atoms. The van der Waals surface area contributed by atoms with Crippen molar-refractivity contribution in [3.05, 3.63) is 11.6 Å². The number of hydrogen-bond donors (Lipinski definition) is 11. The van der Waals surface area contributed by atoms with E-state index in [2.05, 4.69) is 40.7 Å². The summed E-state index contributed by atoms with van der Waals surface area (Å²) >= 11 is 0. The first-order chi connectivity index (χ1) is 32.2. The summed E-state index contributed by atoms with van der Waals surface area (Å²) in [5, 5.41) is 120. The fraction of sp³-hybridized carbons (Fsp3) is 0.940. The van der Waals surface area contributed by atoms with Gasteiger partial charge in [0.1, 0.15) is 79.9 Å². The van der Waals surface area contributed by atoms with Crippen molar-refractivity contribution >= 4 is 5.97 Å². The van der Waals surface area contributed by atoms with Gasteiger partial charge in [-0.15, -0.1) is 0 Å². The molecule has 19 nitrogen and oxygen atoms in total. The van der Waals surface area contributed by atoms with E-state index in [4.69, 9.17) is 33.2 Å². The SMILES string of the molecule is CC(=O)OCC1OC(OC2CCC3(C)C(CCC4(C)C3CC(O)C3C(C(C)(CCC=C(C)C)OC5OC(CO)C(O)C(O)C5O)CCC34C)C2(C)C)C(OC2OC(CO)C(O)C(O)C2O)C(O)C1O. The zero-order valence-electron chi connectivity index (χ0n) is 41.9. The van der Waals surface area contributed by atoms with Gasteiger partial charge < -0.3 is 89.3 Å². The van der Waals surface area contributed by atoms with Crippen molar-refractivity contribution in [1.82, 2.24) is 0 Å². The van der Waals surface area contributed by atoms with Crippen molar-refractivity contribution < 1.29 is 94.1 Å². The Morgan fingerprint density at radius 1 is 0.652 bits per heavy atom. The average molecular weight is 989 g/mol. The molecule has 0 aromatic heterocycles. The van der Waals surface area contributed by atoms with Gasteiger partial charge in [-0.3, -0.25) is 4.79 Å². The summed E-state index contributed by atoms with van der Waals surface area (Å²) in [6.07, 6.45) is -15.9. The van der Waals surface area contributed by atoms with E-state index in [-0.39, 0.29) is 39.9 Å². The first kappa shape index (κ1) is 55.3. The Hall–Kier alpha value is -1.47. The molecule has 0 bridgehead atoms. The second-order valence-electron chi connectivity index (χ2n) is 23.5. The number of carbonyl (C=O) groups is 1. The lowest BCUT2D eigenvalue weighted by Crippen LogP contribution is -2.68. The Bertz CT molecular complexity index is 1790. The molecule has 3 heterocycles. The number of aliphatic hydroxyl groups excluding tert-OH is 11. The highest BCUT2D eigenvalue weighted by Crippen LogP contribution is 2.76. The minimum atomic E-state index is -1.82. The van der Waals surface area contributed by atoms with Crippen LogP contribution in [0.3, 0.4) is 0 Å². The molecule has 3 saturated heterocycles. The Balaban J connectivity index is 1.14. The highest BCUT2D eigenvalue weighted by atomic mass is 16.8. The second-order valence-corrected chi connectivity index (χ2v) is 23.5. The molecule has 0 amide bonds. The standard InChI is InChI=1S/C50H84O19/c1-23(2)11-10-15-50(9,69-44-41(62)38(59)35(56)28(21-52)65-44)25-12-17-49(8)33(25)26(54)19-31-47(6)16-14-32(46(4,5)30(47)13-18-48(31,49)7)67-45-42(39(60)36(57)29(66-45)22-63-24(3)53)68-43-40(61)37(58)34(55)27(20-51)64-43/h11,25-45,51-52,54-62H,10,12-22H2,1-9H3. The van der Waals surface area contributed by atoms with E-state index in [1.165, 1.54) is 6.92 Å². The zero-order valence-corrected chi connectivity index (χ0v) is 41.9. The van der Waals surface area contributed by atoms with Crippen molar-refractivity contribution in [3.63, 3.8) is 0 Å². The van der Waals surface area contributed by atoms with Crippen LogP contribution in [0.4, 0.5) is 0 Å². The molecule has 7 aliphatic rings. The summed E-state index contributed by atoms with van der Waals surface area (Å²) in [5.74, 6) is -0.854. The number of esters is 1. The first-order valence-corrected chi connectivity index (χ1v) is 25.3. The Labute approximate surface area is 406 Å². The van der Waals surface area contributed by atoms with Gasteiger partial charge in [0, 0.05) is 6.92 Å². The van der Waals surface area contributed by atoms with Crippen molar-refractivity contribution in [2.45, 2.75) is 230 Å². The van der Waals surface area contributed by atoms with E-state index in [1.807, 2.05) is 20.8 Å². The van der Waals surface area contributed by atoms with Crippen LogP contribution in [-0.2, 0) is 38.0 Å². The van der Waals surface area contributed by atoms with Crippen LogP contribution in [0.2, 0.25) is 0 Å². The fourth-order valence-electron chi connectivity index (χ4n) is 15.1. The number of ether oxygens (including phenoxy) is 7. The molecule has 4 aliphatic carbocycles. The third kappa shape index (κ3) is 9.75. The van der Waals surface area contributed by atoms with Gasteiger partial charge >= 0.3 is 5.97 Å². The van der Waals surface area contributed by atoms with Crippen molar-refractivity contribution in [1.29, 1.82) is 0 Å². The van der Waals surface area contributed by atoms with Crippen LogP contribution < -0.4 is 0 Å². The van der Waals surface area contributed by atoms with Crippen molar-refractivity contribution in [2.24, 2.45) is 45.3 Å². The van der Waals surface area contributed by atoms with Crippen LogP contribution in [-0.4, -0.2) is 192 Å². The highest BCUT2D eigenvalue weighted by Gasteiger charge is 2.72.